The molecule has 0 spiro atoms. The second-order valence-corrected chi connectivity index (χ2v) is 5.03. The van der Waals surface area contributed by atoms with Gasteiger partial charge in [0, 0.05) is 12.0 Å². The lowest BCUT2D eigenvalue weighted by molar-refractivity contribution is 0.0690. The normalized spacial score (nSPS) is 20.4. The molecule has 0 saturated carbocycles. The third-order valence-electron chi connectivity index (χ3n) is 3.79. The molecule has 0 saturated heterocycles. The predicted octanol–water partition coefficient (Wildman–Crippen LogP) is 2.32. The van der Waals surface area contributed by atoms with E-state index >= 15 is 0 Å². The van der Waals surface area contributed by atoms with Crippen LogP contribution in [0.15, 0.2) is 36.7 Å². The number of benzene rings is 1. The van der Waals surface area contributed by atoms with E-state index in [2.05, 4.69) is 46.5 Å². The smallest absolute Gasteiger partial charge is 0.356 e. The molecule has 1 aromatic carbocycles. The van der Waals surface area contributed by atoms with E-state index in [4.69, 9.17) is 5.11 Å². The van der Waals surface area contributed by atoms with E-state index in [0.717, 1.165) is 6.42 Å². The van der Waals surface area contributed by atoms with Gasteiger partial charge in [-0.25, -0.2) is 14.8 Å². The quantitative estimate of drug-likeness (QED) is 0.894. The molecule has 2 N–H and O–H groups in total. The number of aromatic carboxylic acids is 1. The van der Waals surface area contributed by atoms with Crippen LogP contribution < -0.4 is 5.32 Å². The maximum absolute atomic E-state index is 10.7. The fourth-order valence-corrected chi connectivity index (χ4v) is 2.67. The van der Waals surface area contributed by atoms with Gasteiger partial charge < -0.3 is 10.4 Å². The molecule has 0 radical (unpaired) electrons. The van der Waals surface area contributed by atoms with Crippen molar-refractivity contribution in [1.29, 1.82) is 0 Å². The summed E-state index contributed by atoms with van der Waals surface area (Å²) < 4.78 is 0. The van der Waals surface area contributed by atoms with Gasteiger partial charge in [-0.1, -0.05) is 31.2 Å². The Bertz CT molecular complexity index is 640. The van der Waals surface area contributed by atoms with Crippen LogP contribution in [0.3, 0.4) is 0 Å². The van der Waals surface area contributed by atoms with Gasteiger partial charge in [0.1, 0.15) is 5.82 Å². The summed E-state index contributed by atoms with van der Waals surface area (Å²) in [5.41, 5.74) is 2.67. The molecule has 1 aliphatic carbocycles. The molecule has 0 fully saturated rings. The lowest BCUT2D eigenvalue weighted by atomic mass is 10.0. The number of carbonyl (C=O) groups is 1. The molecule has 2 atom stereocenters. The highest BCUT2D eigenvalue weighted by Crippen LogP contribution is 2.34. The van der Waals surface area contributed by atoms with E-state index in [1.807, 2.05) is 0 Å². The van der Waals surface area contributed by atoms with Crippen molar-refractivity contribution in [3.8, 4) is 0 Å². The molecular formula is C15H15N3O2. The van der Waals surface area contributed by atoms with Crippen LogP contribution in [0.2, 0.25) is 0 Å². The Morgan fingerprint density at radius 2 is 2.10 bits per heavy atom. The van der Waals surface area contributed by atoms with Gasteiger partial charge in [-0.15, -0.1) is 0 Å². The summed E-state index contributed by atoms with van der Waals surface area (Å²) in [6.45, 7) is 2.18. The van der Waals surface area contributed by atoms with Gasteiger partial charge >= 0.3 is 5.97 Å². The van der Waals surface area contributed by atoms with E-state index < -0.39 is 5.97 Å². The fraction of sp³-hybridized carbons (Fsp3) is 0.267. The summed E-state index contributed by atoms with van der Waals surface area (Å²) in [6.07, 6.45) is 3.69. The molecule has 0 unspecified atom stereocenters. The van der Waals surface area contributed by atoms with Crippen LogP contribution in [-0.4, -0.2) is 27.1 Å². The summed E-state index contributed by atoms with van der Waals surface area (Å²) in [5.74, 6) is -0.0579. The number of hydrogen-bond donors (Lipinski definition) is 2. The minimum Gasteiger partial charge on any atom is -0.476 e. The van der Waals surface area contributed by atoms with E-state index in [1.165, 1.54) is 23.5 Å². The van der Waals surface area contributed by atoms with Gasteiger partial charge in [-0.05, 0) is 17.5 Å². The van der Waals surface area contributed by atoms with Gasteiger partial charge in [0.15, 0.2) is 5.69 Å². The van der Waals surface area contributed by atoms with Gasteiger partial charge in [0.2, 0.25) is 0 Å². The molecule has 0 aliphatic heterocycles. The van der Waals surface area contributed by atoms with Crippen molar-refractivity contribution in [1.82, 2.24) is 9.97 Å². The third kappa shape index (κ3) is 2.22. The zero-order valence-corrected chi connectivity index (χ0v) is 11.1. The molecule has 0 amide bonds. The van der Waals surface area contributed by atoms with Crippen molar-refractivity contribution in [3.63, 3.8) is 0 Å². The van der Waals surface area contributed by atoms with Crippen LogP contribution in [0.25, 0.3) is 0 Å². The molecule has 102 valence electrons. The van der Waals surface area contributed by atoms with Crippen molar-refractivity contribution < 1.29 is 9.90 Å². The summed E-state index contributed by atoms with van der Waals surface area (Å²) in [7, 11) is 0. The van der Waals surface area contributed by atoms with E-state index in [0.29, 0.717) is 11.7 Å². The summed E-state index contributed by atoms with van der Waals surface area (Å²) in [4.78, 5) is 18.7. The van der Waals surface area contributed by atoms with E-state index in [1.54, 1.807) is 0 Å². The maximum Gasteiger partial charge on any atom is 0.356 e. The molecule has 5 nitrogen and oxygen atoms in total. The summed E-state index contributed by atoms with van der Waals surface area (Å²) in [6, 6.07) is 8.67. The molecule has 1 heterocycles. The zero-order valence-electron chi connectivity index (χ0n) is 11.1. The lowest BCUT2D eigenvalue weighted by Gasteiger charge is -2.18. The number of rotatable bonds is 3. The molecule has 3 rings (SSSR count). The standard InChI is InChI=1S/C15H15N3O2/c1-9-11-5-3-2-4-10(11)6-12(9)18-14-8-16-13(7-17-14)15(19)20/h2-5,7-9,12H,6H2,1H3,(H,17,18)(H,19,20)/t9-,12+/m0/s1. The Morgan fingerprint density at radius 1 is 1.30 bits per heavy atom. The van der Waals surface area contributed by atoms with Crippen molar-refractivity contribution in [2.24, 2.45) is 0 Å². The zero-order chi connectivity index (χ0) is 14.1. The number of nitrogens with zero attached hydrogens (tertiary/aromatic N) is 2. The average Bonchev–Trinajstić information content (AvgIpc) is 2.77. The van der Waals surface area contributed by atoms with Gasteiger partial charge in [0.25, 0.3) is 0 Å². The average molecular weight is 269 g/mol. The minimum atomic E-state index is -1.06. The van der Waals surface area contributed by atoms with Crippen molar-refractivity contribution in [2.45, 2.75) is 25.3 Å². The third-order valence-corrected chi connectivity index (χ3v) is 3.79. The maximum atomic E-state index is 10.7. The monoisotopic (exact) mass is 269 g/mol. The van der Waals surface area contributed by atoms with E-state index in [-0.39, 0.29) is 11.7 Å². The Labute approximate surface area is 116 Å². The fourth-order valence-electron chi connectivity index (χ4n) is 2.67. The van der Waals surface area contributed by atoms with Crippen molar-refractivity contribution in [2.75, 3.05) is 5.32 Å². The Morgan fingerprint density at radius 3 is 2.75 bits per heavy atom. The van der Waals surface area contributed by atoms with Crippen LogP contribution in [0.1, 0.15) is 34.5 Å². The first-order valence-corrected chi connectivity index (χ1v) is 6.55. The second kappa shape index (κ2) is 4.92. The molecule has 20 heavy (non-hydrogen) atoms. The highest BCUT2D eigenvalue weighted by Gasteiger charge is 2.28. The molecule has 5 heteroatoms. The number of carboxylic acid groups (broad SMARTS) is 1. The van der Waals surface area contributed by atoms with Gasteiger partial charge in [-0.2, -0.15) is 0 Å². The largest absolute Gasteiger partial charge is 0.476 e. The number of hydrogen-bond acceptors (Lipinski definition) is 4. The molecule has 0 bridgehead atoms. The Hall–Kier alpha value is -2.43. The van der Waals surface area contributed by atoms with Gasteiger partial charge in [-0.3, -0.25) is 0 Å². The first-order chi connectivity index (χ1) is 9.65. The van der Waals surface area contributed by atoms with Crippen LogP contribution >= 0.6 is 0 Å². The van der Waals surface area contributed by atoms with Crippen molar-refractivity contribution >= 4 is 11.8 Å². The molecule has 2 aromatic rings. The Kier molecular flexibility index (Phi) is 3.10. The first kappa shape index (κ1) is 12.6. The first-order valence-electron chi connectivity index (χ1n) is 6.55. The summed E-state index contributed by atoms with van der Waals surface area (Å²) in [5, 5.41) is 12.1. The highest BCUT2D eigenvalue weighted by atomic mass is 16.4. The van der Waals surface area contributed by atoms with Crippen LogP contribution in [-0.2, 0) is 6.42 Å². The molecular weight excluding hydrogens is 254 g/mol. The number of anilines is 1. The number of fused-ring (bicyclic) bond motifs is 1. The highest BCUT2D eigenvalue weighted by molar-refractivity contribution is 5.84. The number of nitrogens with one attached hydrogen (secondary N) is 1. The predicted molar refractivity (Wildman–Crippen MR) is 75.0 cm³/mol. The van der Waals surface area contributed by atoms with Gasteiger partial charge in [0.05, 0.1) is 12.4 Å². The topological polar surface area (TPSA) is 75.1 Å². The van der Waals surface area contributed by atoms with Crippen LogP contribution in [0.4, 0.5) is 5.82 Å². The van der Waals surface area contributed by atoms with Crippen molar-refractivity contribution in [3.05, 3.63) is 53.5 Å². The van der Waals surface area contributed by atoms with E-state index in [9.17, 15) is 4.79 Å². The van der Waals surface area contributed by atoms with Crippen LogP contribution in [0.5, 0.6) is 0 Å². The SMILES string of the molecule is C[C@H]1c2ccccc2C[C@H]1Nc1cnc(C(=O)O)cn1. The number of carboxylic acids is 1. The molecule has 1 aromatic heterocycles. The Balaban J connectivity index is 1.75. The molecule has 1 aliphatic rings. The number of aromatic nitrogens is 2. The minimum absolute atomic E-state index is 0.0432. The second-order valence-electron chi connectivity index (χ2n) is 5.03. The lowest BCUT2D eigenvalue weighted by Crippen LogP contribution is -2.23. The van der Waals surface area contributed by atoms with Crippen LogP contribution in [0, 0.1) is 0 Å². The summed E-state index contributed by atoms with van der Waals surface area (Å²) >= 11 is 0.